The van der Waals surface area contributed by atoms with E-state index in [1.165, 1.54) is 23.0 Å². The van der Waals surface area contributed by atoms with Crippen molar-refractivity contribution in [2.45, 2.75) is 19.9 Å². The molecule has 138 valence electrons. The summed E-state index contributed by atoms with van der Waals surface area (Å²) in [6, 6.07) is 9.87. The molecule has 0 fully saturated rings. The Kier molecular flexibility index (Phi) is 5.23. The molecule has 3 N–H and O–H groups in total. The molecule has 1 heterocycles. The van der Waals surface area contributed by atoms with Gasteiger partial charge in [-0.05, 0) is 36.8 Å². The molecule has 0 aliphatic carbocycles. The van der Waals surface area contributed by atoms with Gasteiger partial charge >= 0.3 is 0 Å². The normalized spacial score (nSPS) is 10.7. The van der Waals surface area contributed by atoms with Crippen LogP contribution >= 0.6 is 11.6 Å². The third kappa shape index (κ3) is 3.98. The Hall–Kier alpha value is -3.19. The molecule has 27 heavy (non-hydrogen) atoms. The Labute approximate surface area is 159 Å². The minimum Gasteiger partial charge on any atom is -0.366 e. The number of hydrogen-bond acceptors (Lipinski definition) is 4. The standard InChI is InChI=1S/C19H17ClN4O3/c1-11-3-2-4-13-17(11)22-10-24(19(13)27)8-7-16(25)23-12-5-6-15(20)14(9-12)18(21)26/h2-6,9-10H,7-8H2,1H3,(H2,21,26)(H,23,25). The molecule has 2 amide bonds. The van der Waals surface area contributed by atoms with E-state index >= 15 is 0 Å². The highest BCUT2D eigenvalue weighted by Gasteiger charge is 2.11. The van der Waals surface area contributed by atoms with Crippen LogP contribution in [0, 0.1) is 6.92 Å². The number of aryl methyl sites for hydroxylation is 2. The number of nitrogens with one attached hydrogen (secondary N) is 1. The van der Waals surface area contributed by atoms with E-state index < -0.39 is 5.91 Å². The van der Waals surface area contributed by atoms with Gasteiger partial charge in [-0.25, -0.2) is 4.98 Å². The third-order valence-corrected chi connectivity index (χ3v) is 4.48. The maximum Gasteiger partial charge on any atom is 0.261 e. The number of hydrogen-bond donors (Lipinski definition) is 2. The summed E-state index contributed by atoms with van der Waals surface area (Å²) < 4.78 is 1.40. The quantitative estimate of drug-likeness (QED) is 0.704. The number of carbonyl (C=O) groups excluding carboxylic acids is 2. The smallest absolute Gasteiger partial charge is 0.261 e. The largest absolute Gasteiger partial charge is 0.366 e. The molecule has 7 nitrogen and oxygen atoms in total. The number of aromatic nitrogens is 2. The topological polar surface area (TPSA) is 107 Å². The first-order valence-corrected chi connectivity index (χ1v) is 8.58. The van der Waals surface area contributed by atoms with Crippen LogP contribution in [0.5, 0.6) is 0 Å². The molecule has 3 rings (SSSR count). The summed E-state index contributed by atoms with van der Waals surface area (Å²) in [7, 11) is 0. The third-order valence-electron chi connectivity index (χ3n) is 4.15. The molecule has 0 saturated carbocycles. The first-order chi connectivity index (χ1) is 12.9. The van der Waals surface area contributed by atoms with Gasteiger partial charge in [0.2, 0.25) is 11.8 Å². The van der Waals surface area contributed by atoms with Gasteiger partial charge in [-0.15, -0.1) is 0 Å². The predicted molar refractivity (Wildman–Crippen MR) is 104 cm³/mol. The van der Waals surface area contributed by atoms with Crippen LogP contribution in [0.15, 0.2) is 47.5 Å². The lowest BCUT2D eigenvalue weighted by molar-refractivity contribution is -0.116. The van der Waals surface area contributed by atoms with Crippen LogP contribution in [-0.4, -0.2) is 21.4 Å². The molecule has 0 aliphatic heterocycles. The molecular formula is C19H17ClN4O3. The van der Waals surface area contributed by atoms with Gasteiger partial charge in [-0.1, -0.05) is 23.7 Å². The molecule has 0 unspecified atom stereocenters. The Morgan fingerprint density at radius 1 is 1.26 bits per heavy atom. The van der Waals surface area contributed by atoms with E-state index in [9.17, 15) is 14.4 Å². The predicted octanol–water partition coefficient (Wildman–Crippen LogP) is 2.49. The number of nitrogens with zero attached hydrogens (tertiary/aromatic N) is 2. The molecule has 0 radical (unpaired) electrons. The number of anilines is 1. The zero-order chi connectivity index (χ0) is 19.6. The summed E-state index contributed by atoms with van der Waals surface area (Å²) in [6.07, 6.45) is 1.51. The lowest BCUT2D eigenvalue weighted by Crippen LogP contribution is -2.24. The number of nitrogens with two attached hydrogens (primary N) is 1. The van der Waals surface area contributed by atoms with Gasteiger partial charge in [-0.3, -0.25) is 19.0 Å². The lowest BCUT2D eigenvalue weighted by atomic mass is 10.1. The number of amides is 2. The van der Waals surface area contributed by atoms with Crippen molar-refractivity contribution in [1.82, 2.24) is 9.55 Å². The van der Waals surface area contributed by atoms with Crippen LogP contribution in [-0.2, 0) is 11.3 Å². The molecule has 2 aromatic carbocycles. The maximum absolute atomic E-state index is 12.5. The van der Waals surface area contributed by atoms with Crippen LogP contribution in [0.4, 0.5) is 5.69 Å². The fourth-order valence-electron chi connectivity index (χ4n) is 2.73. The van der Waals surface area contributed by atoms with Crippen LogP contribution < -0.4 is 16.6 Å². The van der Waals surface area contributed by atoms with Crippen LogP contribution in [0.1, 0.15) is 22.3 Å². The number of primary amides is 1. The number of fused-ring (bicyclic) bond motifs is 1. The molecule has 1 aromatic heterocycles. The summed E-state index contributed by atoms with van der Waals surface area (Å²) in [5.41, 5.74) is 7.15. The van der Waals surface area contributed by atoms with Gasteiger partial charge in [0.05, 0.1) is 27.8 Å². The second kappa shape index (κ2) is 7.59. The van der Waals surface area contributed by atoms with Crippen LogP contribution in [0.25, 0.3) is 10.9 Å². The monoisotopic (exact) mass is 384 g/mol. The number of rotatable bonds is 5. The van der Waals surface area contributed by atoms with Gasteiger partial charge in [0.15, 0.2) is 0 Å². The van der Waals surface area contributed by atoms with Gasteiger partial charge in [0, 0.05) is 18.7 Å². The average Bonchev–Trinajstić information content (AvgIpc) is 2.63. The van der Waals surface area contributed by atoms with Crippen molar-refractivity contribution in [3.05, 3.63) is 69.2 Å². The second-order valence-electron chi connectivity index (χ2n) is 6.07. The van der Waals surface area contributed by atoms with E-state index in [2.05, 4.69) is 10.3 Å². The molecule has 3 aromatic rings. The summed E-state index contributed by atoms with van der Waals surface area (Å²) in [5.74, 6) is -0.996. The Bertz CT molecular complexity index is 1110. The highest BCUT2D eigenvalue weighted by molar-refractivity contribution is 6.34. The van der Waals surface area contributed by atoms with E-state index in [1.54, 1.807) is 18.2 Å². The zero-order valence-corrected chi connectivity index (χ0v) is 15.3. The molecule has 0 spiro atoms. The summed E-state index contributed by atoms with van der Waals surface area (Å²) in [5, 5.41) is 3.39. The van der Waals surface area contributed by atoms with Crippen LogP contribution in [0.2, 0.25) is 5.02 Å². The first kappa shape index (κ1) is 18.6. The van der Waals surface area contributed by atoms with Crippen molar-refractivity contribution in [2.75, 3.05) is 5.32 Å². The number of benzene rings is 2. The number of para-hydroxylation sites is 1. The number of carbonyl (C=O) groups is 2. The highest BCUT2D eigenvalue weighted by atomic mass is 35.5. The van der Waals surface area contributed by atoms with Crippen molar-refractivity contribution in [3.63, 3.8) is 0 Å². The molecule has 0 atom stereocenters. The van der Waals surface area contributed by atoms with E-state index in [1.807, 2.05) is 13.0 Å². The van der Waals surface area contributed by atoms with Crippen molar-refractivity contribution in [2.24, 2.45) is 5.73 Å². The molecule has 0 saturated heterocycles. The lowest BCUT2D eigenvalue weighted by Gasteiger charge is -2.09. The van der Waals surface area contributed by atoms with Gasteiger partial charge in [0.25, 0.3) is 5.56 Å². The van der Waals surface area contributed by atoms with E-state index in [0.717, 1.165) is 5.56 Å². The fraction of sp³-hybridized carbons (Fsp3) is 0.158. The van der Waals surface area contributed by atoms with Gasteiger partial charge in [0.1, 0.15) is 0 Å². The summed E-state index contributed by atoms with van der Waals surface area (Å²) in [4.78, 5) is 40.3. The van der Waals surface area contributed by atoms with Gasteiger partial charge in [-0.2, -0.15) is 0 Å². The minimum absolute atomic E-state index is 0.0629. The Morgan fingerprint density at radius 2 is 2.04 bits per heavy atom. The van der Waals surface area contributed by atoms with Crippen molar-refractivity contribution >= 4 is 40.0 Å². The van der Waals surface area contributed by atoms with Gasteiger partial charge < -0.3 is 11.1 Å². The maximum atomic E-state index is 12.5. The first-order valence-electron chi connectivity index (χ1n) is 8.21. The van der Waals surface area contributed by atoms with Crippen LogP contribution in [0.3, 0.4) is 0 Å². The molecule has 8 heteroatoms. The van der Waals surface area contributed by atoms with Crippen molar-refractivity contribution in [1.29, 1.82) is 0 Å². The van der Waals surface area contributed by atoms with Crippen molar-refractivity contribution < 1.29 is 9.59 Å². The highest BCUT2D eigenvalue weighted by Crippen LogP contribution is 2.20. The molecular weight excluding hydrogens is 368 g/mol. The average molecular weight is 385 g/mol. The Balaban J connectivity index is 1.72. The Morgan fingerprint density at radius 3 is 2.78 bits per heavy atom. The second-order valence-corrected chi connectivity index (χ2v) is 6.48. The number of halogens is 1. The molecule has 0 bridgehead atoms. The van der Waals surface area contributed by atoms with Crippen molar-refractivity contribution in [3.8, 4) is 0 Å². The minimum atomic E-state index is -0.680. The van der Waals surface area contributed by atoms with E-state index in [-0.39, 0.29) is 35.0 Å². The summed E-state index contributed by atoms with van der Waals surface area (Å²) >= 11 is 5.89. The molecule has 0 aliphatic rings. The zero-order valence-electron chi connectivity index (χ0n) is 14.5. The SMILES string of the molecule is Cc1cccc2c(=O)n(CCC(=O)Nc3ccc(Cl)c(C(N)=O)c3)cnc12. The fourth-order valence-corrected chi connectivity index (χ4v) is 2.94. The van der Waals surface area contributed by atoms with E-state index in [0.29, 0.717) is 16.6 Å². The van der Waals surface area contributed by atoms with E-state index in [4.69, 9.17) is 17.3 Å². The summed E-state index contributed by atoms with van der Waals surface area (Å²) in [6.45, 7) is 2.07.